The number of imidazole rings is 1. The Labute approximate surface area is 194 Å². The van der Waals surface area contributed by atoms with Crippen LogP contribution in [-0.2, 0) is 11.3 Å². The van der Waals surface area contributed by atoms with Gasteiger partial charge in [-0.05, 0) is 44.4 Å². The van der Waals surface area contributed by atoms with Gasteiger partial charge in [0.1, 0.15) is 0 Å². The molecular formula is C21H30Cl2N6O2. The fourth-order valence-corrected chi connectivity index (χ4v) is 3.82. The smallest absolute Gasteiger partial charge is 0.280 e. The van der Waals surface area contributed by atoms with Gasteiger partial charge in [0.15, 0.2) is 11.2 Å². The van der Waals surface area contributed by atoms with E-state index in [9.17, 15) is 4.79 Å². The third-order valence-corrected chi connectivity index (χ3v) is 5.50. The summed E-state index contributed by atoms with van der Waals surface area (Å²) in [6.07, 6.45) is 6.50. The average Bonchev–Trinajstić information content (AvgIpc) is 3.16. The van der Waals surface area contributed by atoms with Crippen LogP contribution in [0.3, 0.4) is 0 Å². The second-order valence-corrected chi connectivity index (χ2v) is 7.50. The van der Waals surface area contributed by atoms with Crippen molar-refractivity contribution < 1.29 is 4.74 Å². The van der Waals surface area contributed by atoms with Crippen molar-refractivity contribution in [3.05, 3.63) is 47.0 Å². The van der Waals surface area contributed by atoms with Crippen LogP contribution in [-0.4, -0.2) is 57.3 Å². The maximum atomic E-state index is 12.4. The van der Waals surface area contributed by atoms with Gasteiger partial charge in [-0.1, -0.05) is 18.2 Å². The number of unbranched alkanes of at least 4 members (excludes halogenated alkanes) is 1. The number of benzene rings is 1. The summed E-state index contributed by atoms with van der Waals surface area (Å²) in [5, 5.41) is 3.15. The van der Waals surface area contributed by atoms with E-state index < -0.39 is 0 Å². The molecule has 0 amide bonds. The van der Waals surface area contributed by atoms with Crippen LogP contribution in [0.5, 0.6) is 0 Å². The van der Waals surface area contributed by atoms with Crippen molar-refractivity contribution in [1.82, 2.24) is 24.4 Å². The molecule has 0 spiro atoms. The van der Waals surface area contributed by atoms with E-state index in [1.54, 1.807) is 13.4 Å². The van der Waals surface area contributed by atoms with Gasteiger partial charge >= 0.3 is 0 Å². The van der Waals surface area contributed by atoms with Crippen LogP contribution in [0.15, 0.2) is 41.5 Å². The molecule has 3 heterocycles. The molecule has 4 rings (SSSR count). The number of anilines is 2. The second-order valence-electron chi connectivity index (χ2n) is 7.50. The van der Waals surface area contributed by atoms with Crippen molar-refractivity contribution in [1.29, 1.82) is 0 Å². The van der Waals surface area contributed by atoms with Crippen molar-refractivity contribution in [2.24, 2.45) is 0 Å². The average molecular weight is 469 g/mol. The number of nitrogens with zero attached hydrogens (tertiary/aromatic N) is 4. The molecule has 0 unspecified atom stereocenters. The Balaban J connectivity index is 0.00000171. The lowest BCUT2D eigenvalue weighted by atomic mass is 10.1. The Morgan fingerprint density at radius 1 is 1.13 bits per heavy atom. The van der Waals surface area contributed by atoms with Gasteiger partial charge in [-0.3, -0.25) is 9.78 Å². The molecule has 1 aliphatic rings. The molecular weight excluding hydrogens is 439 g/mol. The summed E-state index contributed by atoms with van der Waals surface area (Å²) in [4.78, 5) is 26.5. The minimum atomic E-state index is -0.229. The highest BCUT2D eigenvalue weighted by Gasteiger charge is 2.18. The summed E-state index contributed by atoms with van der Waals surface area (Å²) in [6.45, 7) is 4.11. The lowest BCUT2D eigenvalue weighted by Gasteiger charge is -2.31. The number of fused-ring (bicyclic) bond motifs is 1. The summed E-state index contributed by atoms with van der Waals surface area (Å²) in [7, 11) is 1.80. The Morgan fingerprint density at radius 3 is 2.55 bits per heavy atom. The zero-order valence-electron chi connectivity index (χ0n) is 17.6. The standard InChI is InChI=1S/C21H28N6O2.2ClH/c1-29-17-9-13-26(14-10-17)11-5-6-12-27-15-22-18-19(27)24-21(25-20(18)28)23-16-7-3-2-4-8-16;;/h2-4,7-8,15,17H,5-6,9-14H2,1H3,(H2,23,24,25,28);2*1H. The lowest BCUT2D eigenvalue weighted by Crippen LogP contribution is -2.37. The van der Waals surface area contributed by atoms with Crippen molar-refractivity contribution in [3.8, 4) is 0 Å². The molecule has 0 saturated carbocycles. The Hall–Kier alpha value is -2.13. The van der Waals surface area contributed by atoms with Crippen LogP contribution >= 0.6 is 24.8 Å². The SMILES string of the molecule is COC1CCN(CCCCn2cnc3c(=O)[nH]c(Nc4ccccc4)nc32)CC1.Cl.Cl. The molecule has 31 heavy (non-hydrogen) atoms. The monoisotopic (exact) mass is 468 g/mol. The van der Waals surface area contributed by atoms with Crippen molar-refractivity contribution in [2.75, 3.05) is 32.1 Å². The lowest BCUT2D eigenvalue weighted by molar-refractivity contribution is 0.0406. The molecule has 10 heteroatoms. The summed E-state index contributed by atoms with van der Waals surface area (Å²) in [5.74, 6) is 0.427. The molecule has 1 fully saturated rings. The number of aryl methyl sites for hydroxylation is 1. The number of para-hydroxylation sites is 1. The highest BCUT2D eigenvalue weighted by molar-refractivity contribution is 5.85. The largest absolute Gasteiger partial charge is 0.381 e. The van der Waals surface area contributed by atoms with E-state index in [2.05, 4.69) is 25.2 Å². The van der Waals surface area contributed by atoms with Crippen molar-refractivity contribution in [2.45, 2.75) is 38.3 Å². The molecule has 8 nitrogen and oxygen atoms in total. The number of likely N-dealkylation sites (tertiary alicyclic amines) is 1. The summed E-state index contributed by atoms with van der Waals surface area (Å²) >= 11 is 0. The second kappa shape index (κ2) is 12.0. The van der Waals surface area contributed by atoms with Crippen molar-refractivity contribution in [3.63, 3.8) is 0 Å². The number of H-pyrrole nitrogens is 1. The predicted octanol–water partition coefficient (Wildman–Crippen LogP) is 3.60. The minimum Gasteiger partial charge on any atom is -0.381 e. The van der Waals surface area contributed by atoms with Gasteiger partial charge in [-0.25, -0.2) is 4.98 Å². The van der Waals surface area contributed by atoms with Gasteiger partial charge in [0.05, 0.1) is 12.4 Å². The van der Waals surface area contributed by atoms with Crippen LogP contribution in [0.2, 0.25) is 0 Å². The zero-order valence-corrected chi connectivity index (χ0v) is 19.3. The van der Waals surface area contributed by atoms with Gasteiger partial charge in [0, 0.05) is 32.4 Å². The Bertz CT molecular complexity index is 986. The number of hydrogen-bond donors (Lipinski definition) is 2. The number of ether oxygens (including phenoxy) is 1. The first-order valence-corrected chi connectivity index (χ1v) is 10.3. The summed E-state index contributed by atoms with van der Waals surface area (Å²) in [5.41, 5.74) is 1.64. The van der Waals surface area contributed by atoms with Crippen LogP contribution in [0.4, 0.5) is 11.6 Å². The Morgan fingerprint density at radius 2 is 1.84 bits per heavy atom. The fraction of sp³-hybridized carbons (Fsp3) is 0.476. The van der Waals surface area contributed by atoms with Gasteiger partial charge in [0.2, 0.25) is 5.95 Å². The van der Waals surface area contributed by atoms with Gasteiger partial charge in [-0.15, -0.1) is 24.8 Å². The molecule has 2 aromatic heterocycles. The van der Waals surface area contributed by atoms with E-state index in [0.29, 0.717) is 23.2 Å². The molecule has 1 aromatic carbocycles. The van der Waals surface area contributed by atoms with E-state index in [1.807, 2.05) is 34.9 Å². The molecule has 0 bridgehead atoms. The first-order chi connectivity index (χ1) is 14.2. The first kappa shape index (κ1) is 25.1. The van der Waals surface area contributed by atoms with E-state index >= 15 is 0 Å². The van der Waals surface area contributed by atoms with E-state index in [-0.39, 0.29) is 30.4 Å². The third-order valence-electron chi connectivity index (χ3n) is 5.50. The van der Waals surface area contributed by atoms with Crippen LogP contribution < -0.4 is 10.9 Å². The maximum Gasteiger partial charge on any atom is 0.280 e. The number of aromatic amines is 1. The maximum absolute atomic E-state index is 12.4. The van der Waals surface area contributed by atoms with Gasteiger partial charge in [0.25, 0.3) is 5.56 Å². The normalized spacial score (nSPS) is 14.7. The Kier molecular flexibility index (Phi) is 9.77. The number of rotatable bonds is 8. The number of nitrogens with one attached hydrogen (secondary N) is 2. The minimum absolute atomic E-state index is 0. The highest BCUT2D eigenvalue weighted by Crippen LogP contribution is 2.15. The quantitative estimate of drug-likeness (QED) is 0.491. The molecule has 0 radical (unpaired) electrons. The molecule has 0 aliphatic carbocycles. The first-order valence-electron chi connectivity index (χ1n) is 10.3. The predicted molar refractivity (Wildman–Crippen MR) is 128 cm³/mol. The highest BCUT2D eigenvalue weighted by atomic mass is 35.5. The van der Waals surface area contributed by atoms with Gasteiger partial charge < -0.3 is 19.5 Å². The number of piperidine rings is 1. The molecule has 2 N–H and O–H groups in total. The van der Waals surface area contributed by atoms with E-state index in [4.69, 9.17) is 4.74 Å². The molecule has 1 saturated heterocycles. The number of halogens is 2. The topological polar surface area (TPSA) is 88.1 Å². The van der Waals surface area contributed by atoms with Gasteiger partial charge in [-0.2, -0.15) is 4.98 Å². The molecule has 1 aliphatic heterocycles. The number of aromatic nitrogens is 4. The molecule has 170 valence electrons. The van der Waals surface area contributed by atoms with E-state index in [0.717, 1.165) is 57.5 Å². The fourth-order valence-electron chi connectivity index (χ4n) is 3.82. The number of methoxy groups -OCH3 is 1. The summed E-state index contributed by atoms with van der Waals surface area (Å²) in [6, 6.07) is 9.66. The van der Waals surface area contributed by atoms with Crippen LogP contribution in [0, 0.1) is 0 Å². The van der Waals surface area contributed by atoms with E-state index in [1.165, 1.54) is 0 Å². The number of hydrogen-bond acceptors (Lipinski definition) is 6. The summed E-state index contributed by atoms with van der Waals surface area (Å²) < 4.78 is 7.40. The van der Waals surface area contributed by atoms with Crippen molar-refractivity contribution >= 4 is 47.6 Å². The zero-order chi connectivity index (χ0) is 20.1. The van der Waals surface area contributed by atoms with Crippen LogP contribution in [0.25, 0.3) is 11.2 Å². The third kappa shape index (κ3) is 6.43. The molecule has 3 aromatic rings. The molecule has 0 atom stereocenters. The van der Waals surface area contributed by atoms with Crippen LogP contribution in [0.1, 0.15) is 25.7 Å².